The molecule has 0 atom stereocenters. The zero-order chi connectivity index (χ0) is 14.7. The molecule has 1 aliphatic heterocycles. The van der Waals surface area contributed by atoms with Gasteiger partial charge in [-0.15, -0.1) is 0 Å². The predicted octanol–water partition coefficient (Wildman–Crippen LogP) is 4.79. The van der Waals surface area contributed by atoms with Crippen LogP contribution in [0.3, 0.4) is 0 Å². The molecule has 3 aromatic carbocycles. The number of nitrogens with zero attached hydrogens (tertiary/aromatic N) is 1. The molecule has 5 rings (SSSR count). The number of likely N-dealkylation sites (N-methyl/N-ethyl adjacent to an activating group) is 1. The van der Waals surface area contributed by atoms with Crippen LogP contribution in [0.15, 0.2) is 48.5 Å². The molecular formula is C21H19N. The first kappa shape index (κ1) is 12.3. The second-order valence-electron chi connectivity index (χ2n) is 6.42. The first-order valence-electron chi connectivity index (χ1n) is 8.27. The normalized spacial score (nSPS) is 15.0. The number of rotatable bonds is 1. The van der Waals surface area contributed by atoms with Gasteiger partial charge in [-0.25, -0.2) is 0 Å². The molecule has 22 heavy (non-hydrogen) atoms. The predicted molar refractivity (Wildman–Crippen MR) is 93.8 cm³/mol. The number of hydrogen-bond donors (Lipinski definition) is 0. The summed E-state index contributed by atoms with van der Waals surface area (Å²) >= 11 is 0. The van der Waals surface area contributed by atoms with Gasteiger partial charge in [-0.05, 0) is 64.4 Å². The van der Waals surface area contributed by atoms with Gasteiger partial charge in [0.05, 0.1) is 0 Å². The Kier molecular flexibility index (Phi) is 2.43. The smallest absolute Gasteiger partial charge is 0.0406 e. The highest BCUT2D eigenvalue weighted by molar-refractivity contribution is 6.05. The van der Waals surface area contributed by atoms with Crippen LogP contribution in [0.25, 0.3) is 21.9 Å². The van der Waals surface area contributed by atoms with Crippen molar-refractivity contribution < 1.29 is 0 Å². The summed E-state index contributed by atoms with van der Waals surface area (Å²) in [6, 6.07) is 18.2. The van der Waals surface area contributed by atoms with Gasteiger partial charge in [0.25, 0.3) is 0 Å². The van der Waals surface area contributed by atoms with Crippen LogP contribution >= 0.6 is 0 Å². The third-order valence-corrected chi connectivity index (χ3v) is 5.38. The van der Waals surface area contributed by atoms with E-state index in [2.05, 4.69) is 60.4 Å². The summed E-state index contributed by atoms with van der Waals surface area (Å²) in [5.41, 5.74) is 8.94. The van der Waals surface area contributed by atoms with Crippen LogP contribution < -0.4 is 4.90 Å². The Balaban J connectivity index is 1.89. The zero-order valence-corrected chi connectivity index (χ0v) is 12.9. The molecule has 0 unspecified atom stereocenters. The molecule has 2 aliphatic rings. The van der Waals surface area contributed by atoms with Crippen LogP contribution in [-0.2, 0) is 12.8 Å². The van der Waals surface area contributed by atoms with E-state index in [1.165, 1.54) is 45.1 Å². The fourth-order valence-electron chi connectivity index (χ4n) is 4.35. The van der Waals surface area contributed by atoms with Crippen molar-refractivity contribution in [2.24, 2.45) is 0 Å². The van der Waals surface area contributed by atoms with Crippen LogP contribution in [0.5, 0.6) is 0 Å². The molecule has 0 bridgehead atoms. The van der Waals surface area contributed by atoms with Crippen LogP contribution in [-0.4, -0.2) is 13.1 Å². The Morgan fingerprint density at radius 2 is 1.82 bits per heavy atom. The molecule has 1 heteroatoms. The third kappa shape index (κ3) is 1.49. The fourth-order valence-corrected chi connectivity index (χ4v) is 4.35. The van der Waals surface area contributed by atoms with E-state index in [0.717, 1.165) is 19.5 Å². The Morgan fingerprint density at radius 1 is 0.955 bits per heavy atom. The minimum atomic E-state index is 1.09. The van der Waals surface area contributed by atoms with Gasteiger partial charge in [0.15, 0.2) is 0 Å². The summed E-state index contributed by atoms with van der Waals surface area (Å²) in [4.78, 5) is 2.51. The fraction of sp³-hybridized carbons (Fsp3) is 0.238. The van der Waals surface area contributed by atoms with Gasteiger partial charge < -0.3 is 4.90 Å². The largest absolute Gasteiger partial charge is 0.371 e. The molecule has 0 spiro atoms. The van der Waals surface area contributed by atoms with E-state index in [9.17, 15) is 0 Å². The standard InChI is InChI=1S/C21H19N/c1-2-22-12-11-18-19(22)10-9-14-7-8-16-13-15-5-3-4-6-17(15)21(16)20(14)18/h3-10H,2,11-13H2,1H3. The first-order valence-corrected chi connectivity index (χ1v) is 8.27. The lowest BCUT2D eigenvalue weighted by molar-refractivity contribution is 0.869. The summed E-state index contributed by atoms with van der Waals surface area (Å²) < 4.78 is 0. The quantitative estimate of drug-likeness (QED) is 0.486. The molecular weight excluding hydrogens is 266 g/mol. The molecule has 1 heterocycles. The minimum Gasteiger partial charge on any atom is -0.371 e. The van der Waals surface area contributed by atoms with Crippen molar-refractivity contribution in [2.45, 2.75) is 19.8 Å². The van der Waals surface area contributed by atoms with E-state index in [-0.39, 0.29) is 0 Å². The Bertz CT molecular complexity index is 907. The lowest BCUT2D eigenvalue weighted by Gasteiger charge is -2.18. The van der Waals surface area contributed by atoms with E-state index in [4.69, 9.17) is 0 Å². The molecule has 0 fully saturated rings. The molecule has 1 aliphatic carbocycles. The van der Waals surface area contributed by atoms with E-state index in [1.807, 2.05) is 0 Å². The van der Waals surface area contributed by atoms with E-state index >= 15 is 0 Å². The van der Waals surface area contributed by atoms with Crippen LogP contribution in [0.2, 0.25) is 0 Å². The summed E-state index contributed by atoms with van der Waals surface area (Å²) in [6.07, 6.45) is 2.27. The molecule has 108 valence electrons. The first-order chi connectivity index (χ1) is 10.9. The maximum absolute atomic E-state index is 2.51. The van der Waals surface area contributed by atoms with Crippen molar-refractivity contribution >= 4 is 16.5 Å². The van der Waals surface area contributed by atoms with Crippen LogP contribution in [0, 0.1) is 0 Å². The molecule has 0 N–H and O–H groups in total. The molecule has 0 saturated heterocycles. The highest BCUT2D eigenvalue weighted by atomic mass is 15.1. The maximum Gasteiger partial charge on any atom is 0.0406 e. The lowest BCUT2D eigenvalue weighted by atomic mass is 9.93. The van der Waals surface area contributed by atoms with Gasteiger partial charge in [-0.3, -0.25) is 0 Å². The minimum absolute atomic E-state index is 1.09. The number of anilines is 1. The number of fused-ring (bicyclic) bond motifs is 7. The monoisotopic (exact) mass is 285 g/mol. The average Bonchev–Trinajstić information content (AvgIpc) is 3.15. The van der Waals surface area contributed by atoms with Gasteiger partial charge in [-0.2, -0.15) is 0 Å². The Hall–Kier alpha value is -2.28. The lowest BCUT2D eigenvalue weighted by Crippen LogP contribution is -2.18. The van der Waals surface area contributed by atoms with Crippen molar-refractivity contribution in [1.29, 1.82) is 0 Å². The van der Waals surface area contributed by atoms with Crippen LogP contribution in [0.1, 0.15) is 23.6 Å². The van der Waals surface area contributed by atoms with Gasteiger partial charge in [0.1, 0.15) is 0 Å². The SMILES string of the molecule is CCN1CCc2c1ccc1ccc3c(c21)-c1ccccc1C3. The van der Waals surface area contributed by atoms with E-state index < -0.39 is 0 Å². The maximum atomic E-state index is 2.51. The van der Waals surface area contributed by atoms with Crippen LogP contribution in [0.4, 0.5) is 5.69 Å². The summed E-state index contributed by atoms with van der Waals surface area (Å²) in [6.45, 7) is 4.52. The Labute approximate surface area is 131 Å². The average molecular weight is 285 g/mol. The van der Waals surface area contributed by atoms with Gasteiger partial charge in [0, 0.05) is 18.8 Å². The zero-order valence-electron chi connectivity index (χ0n) is 12.9. The summed E-state index contributed by atoms with van der Waals surface area (Å²) in [5.74, 6) is 0. The number of hydrogen-bond acceptors (Lipinski definition) is 1. The highest BCUT2D eigenvalue weighted by Gasteiger charge is 2.26. The van der Waals surface area contributed by atoms with Gasteiger partial charge in [-0.1, -0.05) is 42.5 Å². The Morgan fingerprint density at radius 3 is 2.73 bits per heavy atom. The topological polar surface area (TPSA) is 3.24 Å². The molecule has 0 aromatic heterocycles. The second kappa shape index (κ2) is 4.36. The van der Waals surface area contributed by atoms with E-state index in [0.29, 0.717) is 0 Å². The number of benzene rings is 3. The van der Waals surface area contributed by atoms with E-state index in [1.54, 1.807) is 5.56 Å². The summed E-state index contributed by atoms with van der Waals surface area (Å²) in [5, 5.41) is 2.91. The second-order valence-corrected chi connectivity index (χ2v) is 6.42. The molecule has 1 nitrogen and oxygen atoms in total. The highest BCUT2D eigenvalue weighted by Crippen LogP contribution is 2.45. The van der Waals surface area contributed by atoms with Crippen molar-refractivity contribution in [3.05, 3.63) is 65.2 Å². The summed E-state index contributed by atoms with van der Waals surface area (Å²) in [7, 11) is 0. The third-order valence-electron chi connectivity index (χ3n) is 5.38. The van der Waals surface area contributed by atoms with Crippen molar-refractivity contribution in [3.8, 4) is 11.1 Å². The molecule has 0 saturated carbocycles. The molecule has 0 radical (unpaired) electrons. The molecule has 3 aromatic rings. The molecule has 0 amide bonds. The van der Waals surface area contributed by atoms with Gasteiger partial charge >= 0.3 is 0 Å². The van der Waals surface area contributed by atoms with Crippen molar-refractivity contribution in [1.82, 2.24) is 0 Å². The van der Waals surface area contributed by atoms with Gasteiger partial charge in [0.2, 0.25) is 0 Å². The van der Waals surface area contributed by atoms with Crippen molar-refractivity contribution in [3.63, 3.8) is 0 Å². The van der Waals surface area contributed by atoms with Crippen molar-refractivity contribution in [2.75, 3.05) is 18.0 Å².